The minimum atomic E-state index is -0.636. The molecule has 1 aromatic carbocycles. The van der Waals surface area contributed by atoms with Gasteiger partial charge in [-0.25, -0.2) is 0 Å². The number of nitrogens with zero attached hydrogens (tertiary/aromatic N) is 3. The molecule has 154 valence electrons. The van der Waals surface area contributed by atoms with Gasteiger partial charge in [-0.3, -0.25) is 14.8 Å². The summed E-state index contributed by atoms with van der Waals surface area (Å²) in [5.41, 5.74) is 3.26. The third-order valence-corrected chi connectivity index (χ3v) is 4.84. The molecule has 2 aliphatic rings. The van der Waals surface area contributed by atoms with Crippen molar-refractivity contribution < 1.29 is 14.4 Å². The first-order valence-corrected chi connectivity index (χ1v) is 9.70. The van der Waals surface area contributed by atoms with E-state index in [1.54, 1.807) is 19.4 Å². The summed E-state index contributed by atoms with van der Waals surface area (Å²) in [4.78, 5) is 27.0. The number of amidine groups is 1. The number of carbonyl (C=O) groups excluding carboxylic acids is 1. The molecule has 0 bridgehead atoms. The Kier molecular flexibility index (Phi) is 5.74. The standard InChI is InChI=1S/C22H23N5O3/c1-14-25-18(19-12-21(30-27-19)17-8-3-4-9-23-17)11-20(26-14)22(28)24-13-15-6-5-7-16(10-15)29-2/h3-11,20-21H,12-13H2,1-2H3,(H,24,28)(H,25,26). The van der Waals surface area contributed by atoms with Gasteiger partial charge in [-0.2, -0.15) is 0 Å². The molecule has 2 N–H and O–H groups in total. The average molecular weight is 405 g/mol. The summed E-state index contributed by atoms with van der Waals surface area (Å²) in [5, 5.41) is 10.3. The maximum Gasteiger partial charge on any atom is 0.249 e. The van der Waals surface area contributed by atoms with Crippen molar-refractivity contribution in [1.82, 2.24) is 15.6 Å². The lowest BCUT2D eigenvalue weighted by Gasteiger charge is -2.20. The van der Waals surface area contributed by atoms with E-state index in [0.717, 1.165) is 28.4 Å². The van der Waals surface area contributed by atoms with Crippen molar-refractivity contribution in [3.05, 3.63) is 71.7 Å². The molecule has 1 aromatic heterocycles. The van der Waals surface area contributed by atoms with Crippen LogP contribution < -0.4 is 15.4 Å². The number of nitrogens with one attached hydrogen (secondary N) is 2. The van der Waals surface area contributed by atoms with Crippen molar-refractivity contribution in [3.8, 4) is 5.75 Å². The minimum absolute atomic E-state index is 0.183. The van der Waals surface area contributed by atoms with Gasteiger partial charge in [0, 0.05) is 19.2 Å². The molecule has 0 saturated heterocycles. The highest BCUT2D eigenvalue weighted by Gasteiger charge is 2.29. The Morgan fingerprint density at radius 2 is 2.20 bits per heavy atom. The van der Waals surface area contributed by atoms with Crippen molar-refractivity contribution in [2.45, 2.75) is 32.0 Å². The molecule has 4 rings (SSSR count). The molecule has 30 heavy (non-hydrogen) atoms. The predicted molar refractivity (Wildman–Crippen MR) is 113 cm³/mol. The molecule has 2 unspecified atom stereocenters. The lowest BCUT2D eigenvalue weighted by Crippen LogP contribution is -2.39. The number of hydrogen-bond donors (Lipinski definition) is 2. The molecule has 2 aromatic rings. The van der Waals surface area contributed by atoms with Crippen LogP contribution in [0.25, 0.3) is 0 Å². The molecule has 8 nitrogen and oxygen atoms in total. The normalized spacial score (nSPS) is 20.3. The first kappa shape index (κ1) is 19.6. The molecule has 0 spiro atoms. The summed E-state index contributed by atoms with van der Waals surface area (Å²) in [6.45, 7) is 2.21. The van der Waals surface area contributed by atoms with E-state index in [9.17, 15) is 4.79 Å². The predicted octanol–water partition coefficient (Wildman–Crippen LogP) is 2.50. The van der Waals surface area contributed by atoms with Crippen LogP contribution in [0.5, 0.6) is 5.75 Å². The van der Waals surface area contributed by atoms with Crippen molar-refractivity contribution in [1.29, 1.82) is 0 Å². The molecule has 8 heteroatoms. The SMILES string of the molecule is COc1cccc(CNC(=O)C2C=C(C3=NOC(c4ccccn4)C3)NC(C)=N2)c1. The highest BCUT2D eigenvalue weighted by Crippen LogP contribution is 2.28. The van der Waals surface area contributed by atoms with E-state index in [0.29, 0.717) is 18.8 Å². The number of rotatable bonds is 6. The number of allylic oxidation sites excluding steroid dienone is 1. The summed E-state index contributed by atoms with van der Waals surface area (Å²) in [6.07, 6.45) is 3.84. The number of amides is 1. The Bertz CT molecular complexity index is 1020. The molecular weight excluding hydrogens is 382 g/mol. The number of ether oxygens (including phenoxy) is 1. The minimum Gasteiger partial charge on any atom is -0.497 e. The lowest BCUT2D eigenvalue weighted by molar-refractivity contribution is -0.121. The Balaban J connectivity index is 1.41. The van der Waals surface area contributed by atoms with Gasteiger partial charge in [-0.15, -0.1) is 0 Å². The van der Waals surface area contributed by atoms with Crippen molar-refractivity contribution in [2.75, 3.05) is 7.11 Å². The zero-order valence-electron chi connectivity index (χ0n) is 16.8. The van der Waals surface area contributed by atoms with Crippen LogP contribution in [0.15, 0.2) is 70.6 Å². The quantitative estimate of drug-likeness (QED) is 0.770. The smallest absolute Gasteiger partial charge is 0.249 e. The monoisotopic (exact) mass is 405 g/mol. The van der Waals surface area contributed by atoms with E-state index in [-0.39, 0.29) is 12.0 Å². The number of benzene rings is 1. The van der Waals surface area contributed by atoms with Gasteiger partial charge in [0.1, 0.15) is 11.5 Å². The van der Waals surface area contributed by atoms with Gasteiger partial charge in [0.25, 0.3) is 0 Å². The number of methoxy groups -OCH3 is 1. The van der Waals surface area contributed by atoms with Gasteiger partial charge in [-0.05, 0) is 42.8 Å². The van der Waals surface area contributed by atoms with Gasteiger partial charge in [-0.1, -0.05) is 23.4 Å². The van der Waals surface area contributed by atoms with Crippen LogP contribution in [0, 0.1) is 0 Å². The van der Waals surface area contributed by atoms with Gasteiger partial charge < -0.3 is 20.2 Å². The van der Waals surface area contributed by atoms with Crippen molar-refractivity contribution >= 4 is 17.5 Å². The van der Waals surface area contributed by atoms with Crippen molar-refractivity contribution in [3.63, 3.8) is 0 Å². The molecule has 3 heterocycles. The number of aliphatic imine (C=N–C) groups is 1. The zero-order valence-corrected chi connectivity index (χ0v) is 16.8. The first-order valence-electron chi connectivity index (χ1n) is 9.70. The second kappa shape index (κ2) is 8.77. The van der Waals surface area contributed by atoms with Gasteiger partial charge in [0.05, 0.1) is 24.3 Å². The Labute approximate surface area is 174 Å². The molecule has 2 atom stereocenters. The van der Waals surface area contributed by atoms with E-state index in [1.165, 1.54) is 0 Å². The highest BCUT2D eigenvalue weighted by molar-refractivity contribution is 6.06. The lowest BCUT2D eigenvalue weighted by atomic mass is 10.0. The van der Waals surface area contributed by atoms with Crippen LogP contribution in [-0.4, -0.2) is 35.6 Å². The number of pyridine rings is 1. The first-order chi connectivity index (χ1) is 14.6. The summed E-state index contributed by atoms with van der Waals surface area (Å²) in [7, 11) is 1.62. The van der Waals surface area contributed by atoms with Gasteiger partial charge >= 0.3 is 0 Å². The molecule has 0 radical (unpaired) electrons. The zero-order chi connectivity index (χ0) is 20.9. The highest BCUT2D eigenvalue weighted by atomic mass is 16.6. The molecule has 0 saturated carbocycles. The number of carbonyl (C=O) groups is 1. The van der Waals surface area contributed by atoms with Gasteiger partial charge in [0.15, 0.2) is 12.1 Å². The molecule has 0 fully saturated rings. The number of aromatic nitrogens is 1. The van der Waals surface area contributed by atoms with Crippen molar-refractivity contribution in [2.24, 2.45) is 10.1 Å². The maximum absolute atomic E-state index is 12.7. The summed E-state index contributed by atoms with van der Waals surface area (Å²) >= 11 is 0. The topological polar surface area (TPSA) is 97.2 Å². The van der Waals surface area contributed by atoms with Crippen LogP contribution in [0.4, 0.5) is 0 Å². The van der Waals surface area contributed by atoms with E-state index in [1.807, 2.05) is 49.4 Å². The number of hydrogen-bond acceptors (Lipinski definition) is 7. The average Bonchev–Trinajstić information content (AvgIpc) is 3.28. The molecule has 1 amide bonds. The number of oxime groups is 1. The maximum atomic E-state index is 12.7. The van der Waals surface area contributed by atoms with E-state index < -0.39 is 6.04 Å². The summed E-state index contributed by atoms with van der Waals surface area (Å²) < 4.78 is 5.22. The fourth-order valence-electron chi connectivity index (χ4n) is 3.31. The van der Waals surface area contributed by atoms with Gasteiger partial charge in [0.2, 0.25) is 5.91 Å². The van der Waals surface area contributed by atoms with E-state index in [2.05, 4.69) is 25.8 Å². The van der Waals surface area contributed by atoms with E-state index >= 15 is 0 Å². The fourth-order valence-corrected chi connectivity index (χ4v) is 3.31. The fraction of sp³-hybridized carbons (Fsp3) is 0.273. The van der Waals surface area contributed by atoms with Crippen LogP contribution >= 0.6 is 0 Å². The Hall–Kier alpha value is -3.68. The Morgan fingerprint density at radius 3 is 3.00 bits per heavy atom. The van der Waals surface area contributed by atoms with Crippen LogP contribution in [-0.2, 0) is 16.2 Å². The Morgan fingerprint density at radius 1 is 1.30 bits per heavy atom. The third-order valence-electron chi connectivity index (χ3n) is 4.84. The third kappa shape index (κ3) is 4.48. The second-order valence-corrected chi connectivity index (χ2v) is 7.02. The molecule has 0 aliphatic carbocycles. The molecule has 2 aliphatic heterocycles. The van der Waals surface area contributed by atoms with E-state index in [4.69, 9.17) is 9.57 Å². The van der Waals surface area contributed by atoms with Crippen LogP contribution in [0.3, 0.4) is 0 Å². The largest absolute Gasteiger partial charge is 0.497 e. The molecular formula is C22H23N5O3. The summed E-state index contributed by atoms with van der Waals surface area (Å²) in [5.74, 6) is 1.22. The summed E-state index contributed by atoms with van der Waals surface area (Å²) in [6, 6.07) is 12.6. The van der Waals surface area contributed by atoms with Crippen LogP contribution in [0.1, 0.15) is 30.7 Å². The van der Waals surface area contributed by atoms with Crippen LogP contribution in [0.2, 0.25) is 0 Å². The second-order valence-electron chi connectivity index (χ2n) is 7.02.